The summed E-state index contributed by atoms with van der Waals surface area (Å²) in [7, 11) is 0. The Bertz CT molecular complexity index is 1520. The maximum atomic E-state index is 14.9. The number of rotatable bonds is 4. The molecule has 3 aromatic carbocycles. The Hall–Kier alpha value is -4.21. The quantitative estimate of drug-likeness (QED) is 0.309. The fraction of sp³-hybridized carbons (Fsp3) is 0.148. The first kappa shape index (κ1) is 24.5. The molecule has 1 aliphatic rings. The number of hydrogen-bond donors (Lipinski definition) is 1. The lowest BCUT2D eigenvalue weighted by Gasteiger charge is -2.23. The monoisotopic (exact) mass is 513 g/mol. The van der Waals surface area contributed by atoms with Gasteiger partial charge in [-0.25, -0.2) is 23.1 Å². The van der Waals surface area contributed by atoms with Gasteiger partial charge in [0, 0.05) is 29.6 Å². The number of amides is 1. The molecule has 1 amide bonds. The van der Waals surface area contributed by atoms with Crippen LogP contribution in [-0.4, -0.2) is 15.9 Å². The largest absolute Gasteiger partial charge is 0.416 e. The van der Waals surface area contributed by atoms with Crippen LogP contribution in [0.2, 0.25) is 0 Å². The number of aromatic nitrogens is 2. The molecule has 0 radical (unpaired) electrons. The first-order valence-electron chi connectivity index (χ1n) is 11.1. The number of nitrogens with one attached hydrogen (secondary N) is 1. The number of fused-ring (bicyclic) bond motifs is 1. The Morgan fingerprint density at radius 3 is 2.22 bits per heavy atom. The van der Waals surface area contributed by atoms with Crippen LogP contribution in [0.3, 0.4) is 0 Å². The summed E-state index contributed by atoms with van der Waals surface area (Å²) in [6.45, 7) is 1.54. The molecule has 0 fully saturated rings. The fourth-order valence-corrected chi connectivity index (χ4v) is 4.58. The molecule has 1 atom stereocenters. The van der Waals surface area contributed by atoms with Crippen molar-refractivity contribution in [2.75, 3.05) is 5.32 Å². The van der Waals surface area contributed by atoms with Gasteiger partial charge >= 0.3 is 6.18 Å². The van der Waals surface area contributed by atoms with Gasteiger partial charge in [0.05, 0.1) is 16.7 Å². The second-order valence-corrected chi connectivity index (χ2v) is 8.95. The molecule has 10 heteroatoms. The third kappa shape index (κ3) is 4.43. The van der Waals surface area contributed by atoms with Gasteiger partial charge in [-0.3, -0.25) is 4.79 Å². The van der Waals surface area contributed by atoms with Crippen LogP contribution in [0.4, 0.5) is 32.0 Å². The van der Waals surface area contributed by atoms with Crippen LogP contribution in [0.1, 0.15) is 23.6 Å². The number of carbonyl (C=O) groups excluding carboxylic acids is 1. The summed E-state index contributed by atoms with van der Waals surface area (Å²) in [5.41, 5.74) is -1.69. The molecular weight excluding hydrogens is 496 g/mol. The third-order valence-corrected chi connectivity index (χ3v) is 6.36. The van der Waals surface area contributed by atoms with Gasteiger partial charge < -0.3 is 5.32 Å². The van der Waals surface area contributed by atoms with Crippen LogP contribution in [0.15, 0.2) is 67.0 Å². The van der Waals surface area contributed by atoms with Crippen molar-refractivity contribution in [3.8, 4) is 22.5 Å². The highest BCUT2D eigenvalue weighted by Crippen LogP contribution is 2.47. The molecule has 0 spiro atoms. The number of benzene rings is 3. The Morgan fingerprint density at radius 1 is 0.892 bits per heavy atom. The minimum atomic E-state index is -4.71. The number of hydrogen-bond acceptors (Lipinski definition) is 3. The summed E-state index contributed by atoms with van der Waals surface area (Å²) < 4.78 is 82.8. The highest BCUT2D eigenvalue weighted by molar-refractivity contribution is 6.10. The summed E-state index contributed by atoms with van der Waals surface area (Å²) in [5.74, 6) is -2.91. The molecule has 2 heterocycles. The van der Waals surface area contributed by atoms with Crippen LogP contribution in [0.25, 0.3) is 22.5 Å². The molecule has 0 saturated heterocycles. The minimum Gasteiger partial charge on any atom is -0.324 e. The molecule has 1 N–H and O–H groups in total. The zero-order valence-corrected chi connectivity index (χ0v) is 19.1. The molecule has 1 aromatic heterocycles. The lowest BCUT2D eigenvalue weighted by atomic mass is 9.77. The van der Waals surface area contributed by atoms with E-state index in [1.54, 1.807) is 13.0 Å². The highest BCUT2D eigenvalue weighted by Gasteiger charge is 2.44. The molecule has 5 rings (SSSR count). The topological polar surface area (TPSA) is 54.9 Å². The number of nitrogens with zero attached hydrogens (tertiary/aromatic N) is 2. The van der Waals surface area contributed by atoms with Crippen molar-refractivity contribution in [2.45, 2.75) is 24.9 Å². The summed E-state index contributed by atoms with van der Waals surface area (Å²) in [5, 5.41) is 2.75. The highest BCUT2D eigenvalue weighted by atomic mass is 19.4. The van der Waals surface area contributed by atoms with Crippen molar-refractivity contribution in [1.29, 1.82) is 0 Å². The van der Waals surface area contributed by atoms with Crippen molar-refractivity contribution in [1.82, 2.24) is 9.97 Å². The zero-order chi connectivity index (χ0) is 26.5. The van der Waals surface area contributed by atoms with E-state index < -0.39 is 40.5 Å². The summed E-state index contributed by atoms with van der Waals surface area (Å²) in [6.07, 6.45) is -1.96. The number of alkyl halides is 3. The van der Waals surface area contributed by atoms with Gasteiger partial charge in [-0.05, 0) is 78.6 Å². The Labute approximate surface area is 207 Å². The second kappa shape index (κ2) is 8.72. The van der Waals surface area contributed by atoms with Gasteiger partial charge in [0.25, 0.3) is 0 Å². The van der Waals surface area contributed by atoms with Crippen LogP contribution in [0.5, 0.6) is 0 Å². The van der Waals surface area contributed by atoms with Gasteiger partial charge in [-0.15, -0.1) is 0 Å². The molecule has 0 saturated carbocycles. The molecule has 4 aromatic rings. The van der Waals surface area contributed by atoms with Crippen molar-refractivity contribution in [3.63, 3.8) is 0 Å². The van der Waals surface area contributed by atoms with Crippen molar-refractivity contribution in [2.24, 2.45) is 0 Å². The lowest BCUT2D eigenvalue weighted by Crippen LogP contribution is -2.33. The van der Waals surface area contributed by atoms with E-state index in [9.17, 15) is 31.1 Å². The van der Waals surface area contributed by atoms with Gasteiger partial charge in [0.1, 0.15) is 17.5 Å². The molecular formula is C27H17F6N3O. The smallest absolute Gasteiger partial charge is 0.324 e. The normalized spacial score (nSPS) is 17.0. The van der Waals surface area contributed by atoms with Crippen LogP contribution in [0, 0.1) is 17.5 Å². The van der Waals surface area contributed by atoms with Crippen LogP contribution >= 0.6 is 0 Å². The van der Waals surface area contributed by atoms with E-state index in [1.165, 1.54) is 24.5 Å². The minimum absolute atomic E-state index is 0.0537. The van der Waals surface area contributed by atoms with E-state index in [1.807, 2.05) is 0 Å². The second-order valence-electron chi connectivity index (χ2n) is 8.95. The van der Waals surface area contributed by atoms with Crippen LogP contribution in [-0.2, 0) is 22.8 Å². The van der Waals surface area contributed by atoms with Crippen molar-refractivity contribution in [3.05, 3.63) is 101 Å². The molecule has 1 unspecified atom stereocenters. The Kier molecular flexibility index (Phi) is 5.77. The Morgan fingerprint density at radius 2 is 1.57 bits per heavy atom. The SMILES string of the molecule is CC1(Cc2cc(F)cc(F)c2)C(=O)Nc2c(-c3ncccn3)cc(-c3cc(C(F)(F)F)ccc3F)cc21. The van der Waals surface area contributed by atoms with E-state index in [0.717, 1.165) is 18.2 Å². The molecule has 0 aliphatic carbocycles. The molecule has 4 nitrogen and oxygen atoms in total. The predicted molar refractivity (Wildman–Crippen MR) is 124 cm³/mol. The number of halogens is 6. The zero-order valence-electron chi connectivity index (χ0n) is 19.1. The van der Waals surface area contributed by atoms with Crippen LogP contribution < -0.4 is 5.32 Å². The maximum Gasteiger partial charge on any atom is 0.416 e. The summed E-state index contributed by atoms with van der Waals surface area (Å²) in [4.78, 5) is 21.6. The lowest BCUT2D eigenvalue weighted by molar-refractivity contribution is -0.137. The first-order chi connectivity index (χ1) is 17.5. The number of anilines is 1. The summed E-state index contributed by atoms with van der Waals surface area (Å²) >= 11 is 0. The number of carbonyl (C=O) groups is 1. The first-order valence-corrected chi connectivity index (χ1v) is 11.1. The summed E-state index contributed by atoms with van der Waals surface area (Å²) in [6, 6.07) is 9.32. The fourth-order valence-electron chi connectivity index (χ4n) is 4.58. The van der Waals surface area contributed by atoms with Gasteiger partial charge in [0.2, 0.25) is 5.91 Å². The van der Waals surface area contributed by atoms with Gasteiger partial charge in [-0.2, -0.15) is 13.2 Å². The molecule has 188 valence electrons. The average Bonchev–Trinajstić information content (AvgIpc) is 3.07. The third-order valence-electron chi connectivity index (χ3n) is 6.36. The van der Waals surface area contributed by atoms with Gasteiger partial charge in [-0.1, -0.05) is 0 Å². The molecule has 37 heavy (non-hydrogen) atoms. The van der Waals surface area contributed by atoms with Gasteiger partial charge in [0.15, 0.2) is 5.82 Å². The van der Waals surface area contributed by atoms with Crippen molar-refractivity contribution < 1.29 is 31.1 Å². The maximum absolute atomic E-state index is 14.9. The Balaban J connectivity index is 1.74. The average molecular weight is 513 g/mol. The molecule has 1 aliphatic heterocycles. The van der Waals surface area contributed by atoms with E-state index in [0.29, 0.717) is 23.8 Å². The van der Waals surface area contributed by atoms with E-state index in [4.69, 9.17) is 0 Å². The molecule has 0 bridgehead atoms. The standard InChI is InChI=1S/C27H17F6N3O/c1-26(13-14-7-17(28)12-18(29)8-14)21-10-15(19-11-16(27(31,32)33)3-4-22(19)30)9-20(23(21)36-25(26)37)24-34-5-2-6-35-24/h2-12H,13H2,1H3,(H,36,37). The van der Waals surface area contributed by atoms with E-state index in [-0.39, 0.29) is 40.2 Å². The van der Waals surface area contributed by atoms with Crippen molar-refractivity contribution >= 4 is 11.6 Å². The van der Waals surface area contributed by atoms with E-state index >= 15 is 0 Å². The predicted octanol–water partition coefficient (Wildman–Crippen LogP) is 6.70. The van der Waals surface area contributed by atoms with E-state index in [2.05, 4.69) is 15.3 Å².